The molecule has 5 rings (SSSR count). The van der Waals surface area contributed by atoms with Crippen LogP contribution in [0.4, 0.5) is 0 Å². The van der Waals surface area contributed by atoms with E-state index in [1.807, 2.05) is 54.6 Å². The van der Waals surface area contributed by atoms with E-state index in [9.17, 15) is 9.59 Å². The summed E-state index contributed by atoms with van der Waals surface area (Å²) in [5.41, 5.74) is 1.36. The van der Waals surface area contributed by atoms with Crippen LogP contribution in [-0.2, 0) is 21.5 Å². The lowest BCUT2D eigenvalue weighted by molar-refractivity contribution is -0.169. The van der Waals surface area contributed by atoms with Gasteiger partial charge in [0.1, 0.15) is 5.75 Å². The van der Waals surface area contributed by atoms with Crippen molar-refractivity contribution in [2.75, 3.05) is 7.11 Å². The number of carbonyl (C=O) groups excluding carboxylic acids is 2. The smallest absolute Gasteiger partial charge is 0.240 e. The van der Waals surface area contributed by atoms with Crippen LogP contribution in [0.15, 0.2) is 54.6 Å². The molecule has 0 spiro atoms. The third-order valence-corrected chi connectivity index (χ3v) is 5.27. The Morgan fingerprint density at radius 1 is 1.08 bits per heavy atom. The number of imide groups is 1. The van der Waals surface area contributed by atoms with E-state index in [0.29, 0.717) is 19.4 Å². The van der Waals surface area contributed by atoms with Crippen LogP contribution in [0, 0.1) is 5.92 Å². The Labute approximate surface area is 141 Å². The fourth-order valence-electron chi connectivity index (χ4n) is 3.91. The van der Waals surface area contributed by atoms with Gasteiger partial charge in [0.25, 0.3) is 0 Å². The molecule has 2 aromatic carbocycles. The Bertz CT molecular complexity index is 794. The van der Waals surface area contributed by atoms with Gasteiger partial charge in [0, 0.05) is 5.92 Å². The maximum absolute atomic E-state index is 13.2. The molecular formula is C20H19NO3. The standard InChI is InChI=1S/C20H19NO3/c1-24-17-9-5-8-16(10-17)20-11-15(12-20)18(22)21(19(20)23)13-14-6-3-2-4-7-14/h2-10,15H,11-13H2,1H3. The van der Waals surface area contributed by atoms with Gasteiger partial charge in [-0.3, -0.25) is 14.5 Å². The van der Waals surface area contributed by atoms with Gasteiger partial charge < -0.3 is 4.74 Å². The van der Waals surface area contributed by atoms with Gasteiger partial charge in [0.05, 0.1) is 19.1 Å². The number of hydrogen-bond acceptors (Lipinski definition) is 3. The third-order valence-electron chi connectivity index (χ3n) is 5.27. The van der Waals surface area contributed by atoms with Gasteiger partial charge in [-0.2, -0.15) is 0 Å². The number of hydrogen-bond donors (Lipinski definition) is 0. The molecule has 0 N–H and O–H groups in total. The number of methoxy groups -OCH3 is 1. The molecule has 1 aliphatic carbocycles. The lowest BCUT2D eigenvalue weighted by Gasteiger charge is -2.53. The lowest BCUT2D eigenvalue weighted by Crippen LogP contribution is -2.65. The molecule has 3 aliphatic rings. The van der Waals surface area contributed by atoms with Crippen LogP contribution in [-0.4, -0.2) is 23.8 Å². The molecule has 1 saturated carbocycles. The number of ether oxygens (including phenoxy) is 1. The van der Waals surface area contributed by atoms with Crippen LogP contribution < -0.4 is 4.74 Å². The molecule has 2 amide bonds. The number of piperidine rings is 2. The highest BCUT2D eigenvalue weighted by molar-refractivity contribution is 6.07. The molecule has 0 aromatic heterocycles. The lowest BCUT2D eigenvalue weighted by atomic mass is 9.55. The van der Waals surface area contributed by atoms with Crippen LogP contribution >= 0.6 is 0 Å². The van der Waals surface area contributed by atoms with E-state index in [4.69, 9.17) is 4.74 Å². The van der Waals surface area contributed by atoms with Gasteiger partial charge in [-0.05, 0) is 36.1 Å². The summed E-state index contributed by atoms with van der Waals surface area (Å²) in [4.78, 5) is 27.2. The SMILES string of the molecule is COc1cccc(C23CC(C2)C(=O)N(Cc2ccccc2)C3=O)c1. The molecule has 122 valence electrons. The second-order valence-corrected chi connectivity index (χ2v) is 6.63. The summed E-state index contributed by atoms with van der Waals surface area (Å²) >= 11 is 0. The minimum atomic E-state index is -0.568. The number of benzene rings is 2. The maximum atomic E-state index is 13.2. The second-order valence-electron chi connectivity index (χ2n) is 6.63. The highest BCUT2D eigenvalue weighted by Gasteiger charge is 2.61. The molecule has 4 nitrogen and oxygen atoms in total. The number of carbonyl (C=O) groups is 2. The fourth-order valence-corrected chi connectivity index (χ4v) is 3.91. The van der Waals surface area contributed by atoms with Crippen molar-refractivity contribution < 1.29 is 14.3 Å². The average molecular weight is 321 g/mol. The number of nitrogens with zero attached hydrogens (tertiary/aromatic N) is 1. The van der Waals surface area contributed by atoms with Crippen molar-refractivity contribution in [3.63, 3.8) is 0 Å². The van der Waals surface area contributed by atoms with E-state index in [1.54, 1.807) is 7.11 Å². The molecule has 2 aromatic rings. The quantitative estimate of drug-likeness (QED) is 0.814. The molecule has 2 aliphatic heterocycles. The van der Waals surface area contributed by atoms with Crippen molar-refractivity contribution in [3.8, 4) is 5.75 Å². The summed E-state index contributed by atoms with van der Waals surface area (Å²) < 4.78 is 5.29. The van der Waals surface area contributed by atoms with Crippen molar-refractivity contribution in [3.05, 3.63) is 65.7 Å². The third kappa shape index (κ3) is 2.13. The summed E-state index contributed by atoms with van der Waals surface area (Å²) in [6.07, 6.45) is 1.23. The van der Waals surface area contributed by atoms with Gasteiger partial charge in [0.15, 0.2) is 0 Å². The maximum Gasteiger partial charge on any atom is 0.240 e. The molecule has 4 heteroatoms. The molecule has 2 bridgehead atoms. The number of rotatable bonds is 4. The van der Waals surface area contributed by atoms with Crippen LogP contribution in [0.3, 0.4) is 0 Å². The van der Waals surface area contributed by atoms with Crippen LogP contribution in [0.1, 0.15) is 24.0 Å². The zero-order valence-corrected chi connectivity index (χ0v) is 13.6. The van der Waals surface area contributed by atoms with Crippen LogP contribution in [0.2, 0.25) is 0 Å². The van der Waals surface area contributed by atoms with Crippen molar-refractivity contribution in [2.45, 2.75) is 24.8 Å². The second kappa shape index (κ2) is 5.48. The Hall–Kier alpha value is -2.62. The predicted molar refractivity (Wildman–Crippen MR) is 89.4 cm³/mol. The zero-order valence-electron chi connectivity index (χ0n) is 13.6. The van der Waals surface area contributed by atoms with Gasteiger partial charge in [-0.1, -0.05) is 42.5 Å². The predicted octanol–water partition coefficient (Wildman–Crippen LogP) is 2.91. The summed E-state index contributed by atoms with van der Waals surface area (Å²) in [5.74, 6) is 0.586. The van der Waals surface area contributed by atoms with Gasteiger partial charge in [0.2, 0.25) is 11.8 Å². The van der Waals surface area contributed by atoms with Gasteiger partial charge in [-0.15, -0.1) is 0 Å². The summed E-state index contributed by atoms with van der Waals surface area (Å²) in [6.45, 7) is 0.348. The summed E-state index contributed by atoms with van der Waals surface area (Å²) in [6, 6.07) is 17.3. The summed E-state index contributed by atoms with van der Waals surface area (Å²) in [7, 11) is 1.62. The van der Waals surface area contributed by atoms with E-state index >= 15 is 0 Å². The minimum absolute atomic E-state index is 0.0337. The highest BCUT2D eigenvalue weighted by Crippen LogP contribution is 2.54. The van der Waals surface area contributed by atoms with Crippen molar-refractivity contribution in [2.24, 2.45) is 5.92 Å². The topological polar surface area (TPSA) is 46.6 Å². The summed E-state index contributed by atoms with van der Waals surface area (Å²) in [5, 5.41) is 0. The monoisotopic (exact) mass is 321 g/mol. The molecule has 0 radical (unpaired) electrons. The van der Waals surface area contributed by atoms with Crippen molar-refractivity contribution >= 4 is 11.8 Å². The Balaban J connectivity index is 1.67. The number of amides is 2. The first-order valence-corrected chi connectivity index (χ1v) is 8.18. The molecular weight excluding hydrogens is 302 g/mol. The molecule has 2 saturated heterocycles. The van der Waals surface area contributed by atoms with E-state index in [2.05, 4.69) is 0 Å². The van der Waals surface area contributed by atoms with E-state index in [1.165, 1.54) is 4.90 Å². The van der Waals surface area contributed by atoms with Crippen LogP contribution in [0.5, 0.6) is 5.75 Å². The normalized spacial score (nSPS) is 25.4. The Morgan fingerprint density at radius 3 is 2.54 bits per heavy atom. The first-order chi connectivity index (χ1) is 11.6. The fraction of sp³-hybridized carbons (Fsp3) is 0.300. The molecule has 0 unspecified atom stereocenters. The molecule has 0 atom stereocenters. The van der Waals surface area contributed by atoms with Gasteiger partial charge >= 0.3 is 0 Å². The molecule has 24 heavy (non-hydrogen) atoms. The van der Waals surface area contributed by atoms with Gasteiger partial charge in [-0.25, -0.2) is 0 Å². The van der Waals surface area contributed by atoms with E-state index in [-0.39, 0.29) is 17.7 Å². The molecule has 2 heterocycles. The Morgan fingerprint density at radius 2 is 1.83 bits per heavy atom. The van der Waals surface area contributed by atoms with E-state index < -0.39 is 5.41 Å². The zero-order chi connectivity index (χ0) is 16.7. The van der Waals surface area contributed by atoms with Crippen LogP contribution in [0.25, 0.3) is 0 Å². The van der Waals surface area contributed by atoms with Crippen molar-refractivity contribution in [1.82, 2.24) is 4.90 Å². The number of fused-ring (bicyclic) bond motifs is 2. The highest BCUT2D eigenvalue weighted by atomic mass is 16.5. The van der Waals surface area contributed by atoms with Crippen molar-refractivity contribution in [1.29, 1.82) is 0 Å². The Kier molecular flexibility index (Phi) is 3.41. The first-order valence-electron chi connectivity index (χ1n) is 8.18. The minimum Gasteiger partial charge on any atom is -0.497 e. The largest absolute Gasteiger partial charge is 0.497 e. The first kappa shape index (κ1) is 14.9. The molecule has 3 fully saturated rings. The van der Waals surface area contributed by atoms with E-state index in [0.717, 1.165) is 16.9 Å². The average Bonchev–Trinajstić information content (AvgIpc) is 2.58.